The molecule has 0 radical (unpaired) electrons. The average molecular weight is 263 g/mol. The van der Waals surface area contributed by atoms with Gasteiger partial charge in [0.05, 0.1) is 12.3 Å². The van der Waals surface area contributed by atoms with Crippen molar-refractivity contribution < 1.29 is 14.7 Å². The van der Waals surface area contributed by atoms with E-state index in [9.17, 15) is 0 Å². The van der Waals surface area contributed by atoms with Crippen molar-refractivity contribution in [2.45, 2.75) is 26.2 Å². The summed E-state index contributed by atoms with van der Waals surface area (Å²) in [6, 6.07) is 7.96. The van der Waals surface area contributed by atoms with E-state index in [1.54, 1.807) is 6.92 Å². The summed E-state index contributed by atoms with van der Waals surface area (Å²) in [5, 5.41) is 11.8. The van der Waals surface area contributed by atoms with Crippen LogP contribution in [-0.4, -0.2) is 30.7 Å². The fourth-order valence-corrected chi connectivity index (χ4v) is 2.16. The minimum atomic E-state index is 0.609. The van der Waals surface area contributed by atoms with E-state index >= 15 is 0 Å². The summed E-state index contributed by atoms with van der Waals surface area (Å²) in [6.45, 7) is 4.27. The highest BCUT2D eigenvalue weighted by atomic mass is 16.5. The zero-order valence-corrected chi connectivity index (χ0v) is 11.3. The van der Waals surface area contributed by atoms with Gasteiger partial charge in [-0.3, -0.25) is 0 Å². The molecule has 2 rings (SSSR count). The van der Waals surface area contributed by atoms with Crippen molar-refractivity contribution in [3.63, 3.8) is 0 Å². The zero-order chi connectivity index (χ0) is 13.5. The Balaban J connectivity index is 1.81. The van der Waals surface area contributed by atoms with E-state index in [2.05, 4.69) is 5.16 Å². The first-order chi connectivity index (χ1) is 9.28. The predicted octanol–water partition coefficient (Wildman–Crippen LogP) is 2.88. The first-order valence-electron chi connectivity index (χ1n) is 6.75. The Hall–Kier alpha value is -1.55. The fourth-order valence-electron chi connectivity index (χ4n) is 2.16. The van der Waals surface area contributed by atoms with Crippen molar-refractivity contribution in [3.8, 4) is 5.75 Å². The molecule has 1 N–H and O–H groups in total. The van der Waals surface area contributed by atoms with Crippen LogP contribution in [0.4, 0.5) is 0 Å². The van der Waals surface area contributed by atoms with Gasteiger partial charge in [-0.05, 0) is 43.4 Å². The van der Waals surface area contributed by atoms with Crippen molar-refractivity contribution in [3.05, 3.63) is 29.8 Å². The normalized spacial score (nSPS) is 17.4. The lowest BCUT2D eigenvalue weighted by molar-refractivity contribution is 0.0497. The highest BCUT2D eigenvalue weighted by Crippen LogP contribution is 2.18. The molecule has 104 valence electrons. The highest BCUT2D eigenvalue weighted by molar-refractivity contribution is 5.83. The number of oxime groups is 1. The monoisotopic (exact) mass is 263 g/mol. The summed E-state index contributed by atoms with van der Waals surface area (Å²) >= 11 is 0. The second-order valence-corrected chi connectivity index (χ2v) is 5.02. The van der Waals surface area contributed by atoms with Gasteiger partial charge >= 0.3 is 0 Å². The summed E-state index contributed by atoms with van der Waals surface area (Å²) in [6.07, 6.45) is 2.84. The molecular formula is C15H21NO3. The Kier molecular flexibility index (Phi) is 5.21. The quantitative estimate of drug-likeness (QED) is 0.505. The third-order valence-corrected chi connectivity index (χ3v) is 3.38. The van der Waals surface area contributed by atoms with Gasteiger partial charge < -0.3 is 14.7 Å². The van der Waals surface area contributed by atoms with Gasteiger partial charge in [-0.1, -0.05) is 17.3 Å². The van der Waals surface area contributed by atoms with Crippen LogP contribution in [0.15, 0.2) is 29.4 Å². The molecule has 1 heterocycles. The topological polar surface area (TPSA) is 51.0 Å². The summed E-state index contributed by atoms with van der Waals surface area (Å²) in [7, 11) is 0. The molecule has 1 fully saturated rings. The Morgan fingerprint density at radius 2 is 2.00 bits per heavy atom. The smallest absolute Gasteiger partial charge is 0.119 e. The number of hydrogen-bond acceptors (Lipinski definition) is 4. The van der Waals surface area contributed by atoms with Crippen LogP contribution in [-0.2, 0) is 11.2 Å². The zero-order valence-electron chi connectivity index (χ0n) is 11.3. The minimum absolute atomic E-state index is 0.609. The molecule has 0 spiro atoms. The lowest BCUT2D eigenvalue weighted by Crippen LogP contribution is -2.21. The van der Waals surface area contributed by atoms with E-state index in [1.165, 1.54) is 0 Å². The molecule has 4 nitrogen and oxygen atoms in total. The first-order valence-corrected chi connectivity index (χ1v) is 6.75. The SMILES string of the molecule is C/C(Cc1ccc(OCC2CCOCC2)cc1)=N/O. The van der Waals surface area contributed by atoms with Crippen molar-refractivity contribution >= 4 is 5.71 Å². The molecule has 19 heavy (non-hydrogen) atoms. The number of hydrogen-bond donors (Lipinski definition) is 1. The van der Waals surface area contributed by atoms with Crippen LogP contribution in [0, 0.1) is 5.92 Å². The van der Waals surface area contributed by atoms with Gasteiger partial charge in [0, 0.05) is 19.6 Å². The van der Waals surface area contributed by atoms with E-state index in [4.69, 9.17) is 14.7 Å². The molecule has 0 aromatic heterocycles. The summed E-state index contributed by atoms with van der Waals surface area (Å²) < 4.78 is 11.1. The van der Waals surface area contributed by atoms with Crippen molar-refractivity contribution in [2.75, 3.05) is 19.8 Å². The summed E-state index contributed by atoms with van der Waals surface area (Å²) in [5.74, 6) is 1.51. The van der Waals surface area contributed by atoms with Crippen LogP contribution in [0.25, 0.3) is 0 Å². The minimum Gasteiger partial charge on any atom is -0.493 e. The molecule has 0 bridgehead atoms. The van der Waals surface area contributed by atoms with Gasteiger partial charge in [0.25, 0.3) is 0 Å². The molecule has 0 atom stereocenters. The van der Waals surface area contributed by atoms with Crippen LogP contribution in [0.5, 0.6) is 5.75 Å². The van der Waals surface area contributed by atoms with Gasteiger partial charge in [-0.25, -0.2) is 0 Å². The van der Waals surface area contributed by atoms with Crippen molar-refractivity contribution in [1.29, 1.82) is 0 Å². The Bertz CT molecular complexity index is 408. The van der Waals surface area contributed by atoms with Gasteiger partial charge in [0.1, 0.15) is 5.75 Å². The fraction of sp³-hybridized carbons (Fsp3) is 0.533. The largest absolute Gasteiger partial charge is 0.493 e. The van der Waals surface area contributed by atoms with Crippen LogP contribution in [0.2, 0.25) is 0 Å². The van der Waals surface area contributed by atoms with Crippen molar-refractivity contribution in [2.24, 2.45) is 11.1 Å². The summed E-state index contributed by atoms with van der Waals surface area (Å²) in [5.41, 5.74) is 1.82. The second kappa shape index (κ2) is 7.14. The number of nitrogens with zero attached hydrogens (tertiary/aromatic N) is 1. The molecule has 1 aliphatic rings. The van der Waals surface area contributed by atoms with Gasteiger partial charge in [-0.15, -0.1) is 0 Å². The molecule has 1 aromatic carbocycles. The maximum Gasteiger partial charge on any atom is 0.119 e. The average Bonchev–Trinajstić information content (AvgIpc) is 2.47. The van der Waals surface area contributed by atoms with Gasteiger partial charge in [0.2, 0.25) is 0 Å². The lowest BCUT2D eigenvalue weighted by Gasteiger charge is -2.22. The van der Waals surface area contributed by atoms with Crippen LogP contribution < -0.4 is 4.74 Å². The predicted molar refractivity (Wildman–Crippen MR) is 74.1 cm³/mol. The van der Waals surface area contributed by atoms with Gasteiger partial charge in [-0.2, -0.15) is 0 Å². The number of benzene rings is 1. The molecular weight excluding hydrogens is 242 g/mol. The van der Waals surface area contributed by atoms with Crippen LogP contribution >= 0.6 is 0 Å². The Morgan fingerprint density at radius 3 is 2.63 bits per heavy atom. The number of rotatable bonds is 5. The molecule has 0 unspecified atom stereocenters. The van der Waals surface area contributed by atoms with Crippen LogP contribution in [0.1, 0.15) is 25.3 Å². The third kappa shape index (κ3) is 4.56. The van der Waals surface area contributed by atoms with Gasteiger partial charge in [0.15, 0.2) is 0 Å². The lowest BCUT2D eigenvalue weighted by atomic mass is 10.0. The van der Waals surface area contributed by atoms with E-state index in [-0.39, 0.29) is 0 Å². The van der Waals surface area contributed by atoms with E-state index in [0.29, 0.717) is 18.1 Å². The van der Waals surface area contributed by atoms with E-state index in [1.807, 2.05) is 24.3 Å². The second-order valence-electron chi connectivity index (χ2n) is 5.02. The standard InChI is InChI=1S/C15H21NO3/c1-12(16-17)10-13-2-4-15(5-3-13)19-11-14-6-8-18-9-7-14/h2-5,14,17H,6-11H2,1H3/b16-12-. The Morgan fingerprint density at radius 1 is 1.32 bits per heavy atom. The summed E-state index contributed by atoms with van der Waals surface area (Å²) in [4.78, 5) is 0. The molecule has 1 aromatic rings. The van der Waals surface area contributed by atoms with E-state index < -0.39 is 0 Å². The first kappa shape index (κ1) is 13.9. The number of ether oxygens (including phenoxy) is 2. The molecule has 0 amide bonds. The van der Waals surface area contributed by atoms with Crippen molar-refractivity contribution in [1.82, 2.24) is 0 Å². The molecule has 0 saturated carbocycles. The molecule has 4 heteroatoms. The maximum absolute atomic E-state index is 8.63. The Labute approximate surface area is 114 Å². The maximum atomic E-state index is 8.63. The van der Waals surface area contributed by atoms with Crippen LogP contribution in [0.3, 0.4) is 0 Å². The highest BCUT2D eigenvalue weighted by Gasteiger charge is 2.14. The molecule has 1 aliphatic heterocycles. The molecule has 0 aliphatic carbocycles. The molecule has 1 saturated heterocycles. The third-order valence-electron chi connectivity index (χ3n) is 3.38. The van der Waals surface area contributed by atoms with E-state index in [0.717, 1.165) is 44.0 Å².